The fourth-order valence-electron chi connectivity index (χ4n) is 2.89. The van der Waals surface area contributed by atoms with Gasteiger partial charge in [-0.3, -0.25) is 0 Å². The van der Waals surface area contributed by atoms with Crippen molar-refractivity contribution < 1.29 is 0 Å². The Hall–Kier alpha value is 0.647. The van der Waals surface area contributed by atoms with Crippen molar-refractivity contribution in [2.45, 2.75) is 52.5 Å². The molecule has 0 aromatic heterocycles. The first-order chi connectivity index (χ1) is 6.74. The standard InChI is InChI=1S/C12H31PSi/c1-4-8-13(9-5-2,10-6-3)11-7-12-14/h13H,4-12H2,1-3,14H3. The summed E-state index contributed by atoms with van der Waals surface area (Å²) in [4.78, 5) is 0. The summed E-state index contributed by atoms with van der Waals surface area (Å²) in [6.07, 6.45) is 12.3. The van der Waals surface area contributed by atoms with Gasteiger partial charge < -0.3 is 0 Å². The topological polar surface area (TPSA) is 0 Å². The van der Waals surface area contributed by atoms with Gasteiger partial charge in [-0.25, -0.2) is 0 Å². The van der Waals surface area contributed by atoms with Gasteiger partial charge in [0.25, 0.3) is 0 Å². The van der Waals surface area contributed by atoms with Crippen molar-refractivity contribution in [1.82, 2.24) is 0 Å². The third-order valence-corrected chi connectivity index (χ3v) is 10.2. The van der Waals surface area contributed by atoms with Crippen molar-refractivity contribution in [1.29, 1.82) is 0 Å². The molecular formula is C12H31PSi. The van der Waals surface area contributed by atoms with E-state index >= 15 is 0 Å². The first-order valence-electron chi connectivity index (χ1n) is 6.74. The van der Waals surface area contributed by atoms with E-state index < -0.39 is 7.26 Å². The number of hydrogen-bond donors (Lipinski definition) is 0. The second-order valence-electron chi connectivity index (χ2n) is 4.85. The second-order valence-corrected chi connectivity index (χ2v) is 10.9. The minimum absolute atomic E-state index is 0.794. The van der Waals surface area contributed by atoms with E-state index in [1.807, 2.05) is 0 Å². The predicted molar refractivity (Wildman–Crippen MR) is 78.0 cm³/mol. The maximum atomic E-state index is 2.38. The summed E-state index contributed by atoms with van der Waals surface area (Å²) < 4.78 is 0. The third kappa shape index (κ3) is 5.51. The van der Waals surface area contributed by atoms with Crippen LogP contribution >= 0.6 is 7.26 Å². The molecule has 0 heterocycles. The van der Waals surface area contributed by atoms with Crippen LogP contribution in [0.4, 0.5) is 0 Å². The molecule has 0 bridgehead atoms. The fraction of sp³-hybridized carbons (Fsp3) is 1.00. The van der Waals surface area contributed by atoms with E-state index in [1.165, 1.54) is 35.5 Å². The first kappa shape index (κ1) is 14.6. The van der Waals surface area contributed by atoms with Crippen LogP contribution in [0.5, 0.6) is 0 Å². The Balaban J connectivity index is 4.21. The SMILES string of the molecule is CCC[PH](CCC)(CCC)CCC[SiH3]. The summed E-state index contributed by atoms with van der Waals surface area (Å²) in [5.74, 6) is 0. The Morgan fingerprint density at radius 1 is 0.786 bits per heavy atom. The zero-order valence-electron chi connectivity index (χ0n) is 10.9. The fourth-order valence-corrected chi connectivity index (χ4v) is 9.74. The molecule has 0 rings (SSSR count). The first-order valence-corrected chi connectivity index (χ1v) is 11.0. The predicted octanol–water partition coefficient (Wildman–Crippen LogP) is 3.14. The maximum absolute atomic E-state index is 2.38. The van der Waals surface area contributed by atoms with E-state index in [9.17, 15) is 0 Å². The molecule has 0 N–H and O–H groups in total. The Morgan fingerprint density at radius 2 is 1.21 bits per heavy atom. The zero-order valence-corrected chi connectivity index (χ0v) is 13.9. The van der Waals surface area contributed by atoms with E-state index in [2.05, 4.69) is 20.8 Å². The average molecular weight is 234 g/mol. The van der Waals surface area contributed by atoms with Crippen LogP contribution in [-0.2, 0) is 0 Å². The van der Waals surface area contributed by atoms with Crippen molar-refractivity contribution in [2.24, 2.45) is 0 Å². The minimum atomic E-state index is -0.794. The molecule has 0 aromatic carbocycles. The molecular weight excluding hydrogens is 203 g/mol. The van der Waals surface area contributed by atoms with E-state index in [0.717, 1.165) is 0 Å². The van der Waals surface area contributed by atoms with Gasteiger partial charge in [0.2, 0.25) is 0 Å². The molecule has 0 amide bonds. The van der Waals surface area contributed by atoms with Gasteiger partial charge in [-0.1, -0.05) is 0 Å². The van der Waals surface area contributed by atoms with Gasteiger partial charge in [0.05, 0.1) is 0 Å². The zero-order chi connectivity index (χ0) is 10.9. The van der Waals surface area contributed by atoms with Crippen LogP contribution in [0.3, 0.4) is 0 Å². The summed E-state index contributed by atoms with van der Waals surface area (Å²) in [5.41, 5.74) is 0. The van der Waals surface area contributed by atoms with Crippen LogP contribution in [0, 0.1) is 0 Å². The van der Waals surface area contributed by atoms with Crippen molar-refractivity contribution in [3.63, 3.8) is 0 Å². The quantitative estimate of drug-likeness (QED) is 0.425. The second kappa shape index (κ2) is 8.92. The van der Waals surface area contributed by atoms with Gasteiger partial charge in [-0.2, -0.15) is 0 Å². The van der Waals surface area contributed by atoms with Crippen molar-refractivity contribution in [3.05, 3.63) is 0 Å². The van der Waals surface area contributed by atoms with E-state index in [1.54, 1.807) is 31.1 Å². The molecule has 0 unspecified atom stereocenters. The van der Waals surface area contributed by atoms with Gasteiger partial charge in [0.1, 0.15) is 0 Å². The molecule has 0 atom stereocenters. The van der Waals surface area contributed by atoms with E-state index in [4.69, 9.17) is 0 Å². The summed E-state index contributed by atoms with van der Waals surface area (Å²) in [6.45, 7) is 7.15. The summed E-state index contributed by atoms with van der Waals surface area (Å²) in [6, 6.07) is 1.53. The molecule has 0 spiro atoms. The van der Waals surface area contributed by atoms with Gasteiger partial charge >= 0.3 is 94.7 Å². The van der Waals surface area contributed by atoms with Gasteiger partial charge in [0, 0.05) is 0 Å². The van der Waals surface area contributed by atoms with Crippen molar-refractivity contribution >= 4 is 17.5 Å². The molecule has 0 aliphatic heterocycles. The molecule has 2 heteroatoms. The number of hydrogen-bond acceptors (Lipinski definition) is 0. The van der Waals surface area contributed by atoms with Crippen LogP contribution in [0.2, 0.25) is 6.04 Å². The van der Waals surface area contributed by atoms with Crippen molar-refractivity contribution in [3.8, 4) is 0 Å². The van der Waals surface area contributed by atoms with E-state index in [0.29, 0.717) is 0 Å². The normalized spacial score (nSPS) is 13.4. The third-order valence-electron chi connectivity index (χ3n) is 3.40. The van der Waals surface area contributed by atoms with Gasteiger partial charge in [-0.05, 0) is 0 Å². The van der Waals surface area contributed by atoms with Gasteiger partial charge in [-0.15, -0.1) is 0 Å². The van der Waals surface area contributed by atoms with E-state index in [-0.39, 0.29) is 0 Å². The van der Waals surface area contributed by atoms with Crippen LogP contribution in [-0.4, -0.2) is 34.9 Å². The molecule has 14 heavy (non-hydrogen) atoms. The average Bonchev–Trinajstić information content (AvgIpc) is 2.16. The Labute approximate surface area is 95.0 Å². The van der Waals surface area contributed by atoms with Crippen LogP contribution in [0.15, 0.2) is 0 Å². The monoisotopic (exact) mass is 234 g/mol. The molecule has 0 aliphatic rings. The Kier molecular flexibility index (Phi) is 9.33. The Bertz CT molecular complexity index is 108. The van der Waals surface area contributed by atoms with Crippen LogP contribution in [0.1, 0.15) is 46.5 Å². The van der Waals surface area contributed by atoms with Gasteiger partial charge in [0.15, 0.2) is 0 Å². The molecule has 0 saturated heterocycles. The molecule has 0 aromatic rings. The molecule has 0 nitrogen and oxygen atoms in total. The van der Waals surface area contributed by atoms with Crippen molar-refractivity contribution in [2.75, 3.05) is 24.6 Å². The van der Waals surface area contributed by atoms with Crippen LogP contribution in [0.25, 0.3) is 0 Å². The molecule has 0 fully saturated rings. The summed E-state index contributed by atoms with van der Waals surface area (Å²) >= 11 is 0. The Morgan fingerprint density at radius 3 is 1.50 bits per heavy atom. The van der Waals surface area contributed by atoms with Crippen LogP contribution < -0.4 is 0 Å². The molecule has 0 aliphatic carbocycles. The molecule has 0 saturated carbocycles. The molecule has 88 valence electrons. The number of rotatable bonds is 9. The summed E-state index contributed by atoms with van der Waals surface area (Å²) in [7, 11) is 0.623. The summed E-state index contributed by atoms with van der Waals surface area (Å²) in [5, 5.41) is 0. The molecule has 0 radical (unpaired) electrons.